The van der Waals surface area contributed by atoms with Gasteiger partial charge in [-0.05, 0) is 6.07 Å². The minimum atomic E-state index is -1.05. The molecule has 0 saturated carbocycles. The summed E-state index contributed by atoms with van der Waals surface area (Å²) in [6.07, 6.45) is 4.71. The monoisotopic (exact) mass is 302 g/mol. The first-order valence-electron chi connectivity index (χ1n) is 6.93. The summed E-state index contributed by atoms with van der Waals surface area (Å²) in [5.74, 6) is -1.05. The zero-order valence-corrected chi connectivity index (χ0v) is 11.8. The summed E-state index contributed by atoms with van der Waals surface area (Å²) in [4.78, 5) is 20.4. The highest BCUT2D eigenvalue weighted by Gasteiger charge is 2.17. The van der Waals surface area contributed by atoms with E-state index in [2.05, 4.69) is 20.2 Å². The number of nitrogens with zero attached hydrogens (tertiary/aromatic N) is 4. The van der Waals surface area contributed by atoms with Gasteiger partial charge in [0, 0.05) is 28.7 Å². The summed E-state index contributed by atoms with van der Waals surface area (Å²) in [5, 5.41) is 18.5. The van der Waals surface area contributed by atoms with Crippen LogP contribution in [0.2, 0.25) is 0 Å². The van der Waals surface area contributed by atoms with Crippen LogP contribution in [0.5, 0.6) is 0 Å². The second-order valence-electron chi connectivity index (χ2n) is 5.00. The van der Waals surface area contributed by atoms with E-state index in [0.29, 0.717) is 27.5 Å². The fourth-order valence-electron chi connectivity index (χ4n) is 2.65. The summed E-state index contributed by atoms with van der Waals surface area (Å²) in [6, 6.07) is 11.1. The Morgan fingerprint density at radius 2 is 1.74 bits per heavy atom. The van der Waals surface area contributed by atoms with Crippen LogP contribution in [0.25, 0.3) is 33.1 Å². The molecule has 0 radical (unpaired) electrons. The molecule has 0 bridgehead atoms. The molecule has 0 unspecified atom stereocenters. The molecular formula is C17H10N4O2. The molecule has 0 spiro atoms. The predicted molar refractivity (Wildman–Crippen MR) is 85.0 cm³/mol. The molecule has 2 heterocycles. The summed E-state index contributed by atoms with van der Waals surface area (Å²) in [6.45, 7) is 0. The molecule has 2 aromatic heterocycles. The van der Waals surface area contributed by atoms with Crippen molar-refractivity contribution in [3.05, 3.63) is 60.6 Å². The number of rotatable bonds is 2. The van der Waals surface area contributed by atoms with E-state index in [1.807, 2.05) is 30.3 Å². The average Bonchev–Trinajstić information content (AvgIpc) is 2.95. The molecule has 0 amide bonds. The van der Waals surface area contributed by atoms with Gasteiger partial charge in [-0.3, -0.25) is 9.97 Å². The highest BCUT2D eigenvalue weighted by Crippen LogP contribution is 2.31. The van der Waals surface area contributed by atoms with Crippen molar-refractivity contribution in [2.24, 2.45) is 0 Å². The zero-order valence-electron chi connectivity index (χ0n) is 11.8. The standard InChI is InChI=1S/C17H10N4O2/c22-17(23)12-8-11-14(10-4-2-1-3-5-10)18-6-7-19-15(11)13-9-20-21-16(12)13/h1-9H,(H,22,23). The largest absolute Gasteiger partial charge is 0.478 e. The molecular weight excluding hydrogens is 292 g/mol. The van der Waals surface area contributed by atoms with E-state index in [-0.39, 0.29) is 5.56 Å². The third-order valence-electron chi connectivity index (χ3n) is 3.66. The van der Waals surface area contributed by atoms with Crippen LogP contribution >= 0.6 is 0 Å². The van der Waals surface area contributed by atoms with E-state index >= 15 is 0 Å². The minimum Gasteiger partial charge on any atom is -0.478 e. The molecule has 1 N–H and O–H groups in total. The van der Waals surface area contributed by atoms with Crippen LogP contribution in [-0.2, 0) is 0 Å². The summed E-state index contributed by atoms with van der Waals surface area (Å²) in [5.41, 5.74) is 2.62. The van der Waals surface area contributed by atoms with E-state index in [1.54, 1.807) is 18.5 Å². The molecule has 0 aliphatic heterocycles. The number of carboxylic acids is 1. The van der Waals surface area contributed by atoms with Gasteiger partial charge in [-0.1, -0.05) is 30.3 Å². The third kappa shape index (κ3) is 2.08. The topological polar surface area (TPSA) is 88.9 Å². The lowest BCUT2D eigenvalue weighted by atomic mass is 10.0. The molecule has 0 aliphatic rings. The van der Waals surface area contributed by atoms with E-state index in [0.717, 1.165) is 5.56 Å². The fraction of sp³-hybridized carbons (Fsp3) is 0. The van der Waals surface area contributed by atoms with Gasteiger partial charge in [-0.15, -0.1) is 5.10 Å². The lowest BCUT2D eigenvalue weighted by molar-refractivity contribution is 0.0699. The quantitative estimate of drug-likeness (QED) is 0.612. The first-order chi connectivity index (χ1) is 11.3. The van der Waals surface area contributed by atoms with Crippen LogP contribution in [0.15, 0.2) is 55.0 Å². The minimum absolute atomic E-state index is 0.0944. The number of hydrogen-bond acceptors (Lipinski definition) is 5. The normalized spacial score (nSPS) is 11.0. The number of carboxylic acid groups (broad SMARTS) is 1. The molecule has 23 heavy (non-hydrogen) atoms. The molecule has 4 aromatic rings. The Morgan fingerprint density at radius 1 is 0.957 bits per heavy atom. The van der Waals surface area contributed by atoms with Gasteiger partial charge in [-0.25, -0.2) is 4.79 Å². The summed E-state index contributed by atoms with van der Waals surface area (Å²) < 4.78 is 0. The first kappa shape index (κ1) is 13.3. The predicted octanol–water partition coefficient (Wildman–Crippen LogP) is 2.94. The van der Waals surface area contributed by atoms with Crippen LogP contribution < -0.4 is 0 Å². The average molecular weight is 302 g/mol. The SMILES string of the molecule is O=C(O)c1cc2c(-c3ccccc3)nccnc2c2cnnc12. The van der Waals surface area contributed by atoms with Gasteiger partial charge >= 0.3 is 5.97 Å². The van der Waals surface area contributed by atoms with Gasteiger partial charge in [0.15, 0.2) is 0 Å². The Kier molecular flexibility index (Phi) is 2.94. The van der Waals surface area contributed by atoms with Crippen molar-refractivity contribution < 1.29 is 9.90 Å². The van der Waals surface area contributed by atoms with E-state index in [4.69, 9.17) is 0 Å². The Hall–Kier alpha value is -3.41. The van der Waals surface area contributed by atoms with E-state index < -0.39 is 5.97 Å². The van der Waals surface area contributed by atoms with E-state index in [9.17, 15) is 9.90 Å². The Morgan fingerprint density at radius 3 is 2.52 bits per heavy atom. The summed E-state index contributed by atoms with van der Waals surface area (Å²) in [7, 11) is 0. The Balaban J connectivity index is 2.21. The number of hydrogen-bond donors (Lipinski definition) is 1. The summed E-state index contributed by atoms with van der Waals surface area (Å²) >= 11 is 0. The van der Waals surface area contributed by atoms with Crippen LogP contribution in [0, 0.1) is 0 Å². The number of benzene rings is 2. The van der Waals surface area contributed by atoms with Crippen molar-refractivity contribution in [2.45, 2.75) is 0 Å². The van der Waals surface area contributed by atoms with Gasteiger partial charge in [0.05, 0.1) is 23.0 Å². The van der Waals surface area contributed by atoms with Crippen molar-refractivity contribution in [1.29, 1.82) is 0 Å². The smallest absolute Gasteiger partial charge is 0.338 e. The molecule has 0 fully saturated rings. The number of fused-ring (bicyclic) bond motifs is 3. The molecule has 6 nitrogen and oxygen atoms in total. The maximum atomic E-state index is 11.6. The zero-order chi connectivity index (χ0) is 15.8. The van der Waals surface area contributed by atoms with Crippen molar-refractivity contribution in [1.82, 2.24) is 20.2 Å². The van der Waals surface area contributed by atoms with Crippen molar-refractivity contribution in [3.8, 4) is 11.3 Å². The lowest BCUT2D eigenvalue weighted by Gasteiger charge is -2.04. The molecule has 0 saturated heterocycles. The van der Waals surface area contributed by atoms with Gasteiger partial charge in [0.2, 0.25) is 0 Å². The molecule has 110 valence electrons. The van der Waals surface area contributed by atoms with Gasteiger partial charge < -0.3 is 5.11 Å². The number of aromatic carboxylic acids is 1. The fourth-order valence-corrected chi connectivity index (χ4v) is 2.65. The lowest BCUT2D eigenvalue weighted by Crippen LogP contribution is -1.98. The van der Waals surface area contributed by atoms with Gasteiger partial charge in [0.1, 0.15) is 5.52 Å². The molecule has 2 aromatic carbocycles. The molecule has 6 heteroatoms. The first-order valence-corrected chi connectivity index (χ1v) is 6.93. The Labute approximate surface area is 130 Å². The number of aromatic nitrogens is 4. The maximum absolute atomic E-state index is 11.6. The van der Waals surface area contributed by atoms with Crippen LogP contribution in [0.3, 0.4) is 0 Å². The third-order valence-corrected chi connectivity index (χ3v) is 3.66. The highest BCUT2D eigenvalue weighted by molar-refractivity contribution is 6.15. The maximum Gasteiger partial charge on any atom is 0.338 e. The van der Waals surface area contributed by atoms with Crippen molar-refractivity contribution in [2.75, 3.05) is 0 Å². The second kappa shape index (κ2) is 5.10. The highest BCUT2D eigenvalue weighted by atomic mass is 16.4. The second-order valence-corrected chi connectivity index (χ2v) is 5.00. The van der Waals surface area contributed by atoms with E-state index in [1.165, 1.54) is 6.20 Å². The van der Waals surface area contributed by atoms with Crippen molar-refractivity contribution in [3.63, 3.8) is 0 Å². The van der Waals surface area contributed by atoms with Crippen LogP contribution in [-0.4, -0.2) is 31.2 Å². The number of carbonyl (C=O) groups is 1. The Bertz CT molecular complexity index is 1050. The molecule has 0 atom stereocenters. The van der Waals surface area contributed by atoms with Gasteiger partial charge in [0.25, 0.3) is 0 Å². The molecule has 0 aliphatic carbocycles. The van der Waals surface area contributed by atoms with Crippen LogP contribution in [0.4, 0.5) is 0 Å². The van der Waals surface area contributed by atoms with Crippen LogP contribution in [0.1, 0.15) is 10.4 Å². The molecule has 4 rings (SSSR count). The van der Waals surface area contributed by atoms with Crippen molar-refractivity contribution >= 4 is 27.8 Å². The van der Waals surface area contributed by atoms with Gasteiger partial charge in [-0.2, -0.15) is 5.10 Å².